The Morgan fingerprint density at radius 3 is 2.14 bits per heavy atom. The fourth-order valence-corrected chi connectivity index (χ4v) is 4.74. The van der Waals surface area contributed by atoms with Crippen LogP contribution in [0.4, 0.5) is 0 Å². The summed E-state index contributed by atoms with van der Waals surface area (Å²) in [4.78, 5) is 16.0. The highest BCUT2D eigenvalue weighted by atomic mass is 16.2. The third kappa shape index (κ3) is 6.76. The van der Waals surface area contributed by atoms with Gasteiger partial charge in [0.2, 0.25) is 0 Å². The van der Waals surface area contributed by atoms with Gasteiger partial charge in [-0.2, -0.15) is 5.10 Å². The number of carbonyl (C=O) groups excluding carboxylic acids is 1. The number of unbranched alkanes of at least 4 members (excludes halogenated alkanes) is 5. The molecule has 0 spiro atoms. The highest BCUT2D eigenvalue weighted by molar-refractivity contribution is 6.02. The molecule has 1 aromatic heterocycles. The summed E-state index contributed by atoms with van der Waals surface area (Å²) in [5, 5.41) is 5.42. The summed E-state index contributed by atoms with van der Waals surface area (Å²) in [6.45, 7) is 8.28. The topological polar surface area (TPSA) is 57.2 Å². The van der Waals surface area contributed by atoms with Crippen molar-refractivity contribution >= 4 is 22.5 Å². The quantitative estimate of drug-likeness (QED) is 0.123. The van der Waals surface area contributed by atoms with Gasteiger partial charge in [0.25, 0.3) is 5.91 Å². The van der Waals surface area contributed by atoms with Crippen LogP contribution in [-0.4, -0.2) is 16.6 Å². The smallest absolute Gasteiger partial charge is 0.271 e. The van der Waals surface area contributed by atoms with Gasteiger partial charge in [-0.1, -0.05) is 87.6 Å². The number of hydrogen-bond acceptors (Lipinski definition) is 2. The molecule has 0 radical (unpaired) electrons. The molecule has 0 aliphatic rings. The first-order valence-electron chi connectivity index (χ1n) is 13.6. The first-order chi connectivity index (χ1) is 18.0. The van der Waals surface area contributed by atoms with Crippen molar-refractivity contribution in [3.05, 3.63) is 94.7 Å². The standard InChI is InChI=1S/C33H39N3O/c1-5-6-7-8-9-10-11-26-12-14-28(15-13-26)29-18-16-27(17-19-29)25(4)35-36-33(37)30-20-21-32-31(22-30)23(2)24(3)34-32/h12-22,34H,5-11H2,1-4H3,(H,36,37)/b35-25-. The van der Waals surface area contributed by atoms with Crippen molar-refractivity contribution in [3.8, 4) is 11.1 Å². The minimum atomic E-state index is -0.211. The summed E-state index contributed by atoms with van der Waals surface area (Å²) in [5.74, 6) is -0.211. The summed E-state index contributed by atoms with van der Waals surface area (Å²) in [6.07, 6.45) is 9.14. The minimum Gasteiger partial charge on any atom is -0.358 e. The Hall–Kier alpha value is -3.66. The molecule has 37 heavy (non-hydrogen) atoms. The SMILES string of the molecule is CCCCCCCCc1ccc(-c2ccc(/C(C)=N\NC(=O)c3ccc4[nH]c(C)c(C)c4c3)cc2)cc1. The van der Waals surface area contributed by atoms with Crippen LogP contribution in [-0.2, 0) is 6.42 Å². The summed E-state index contributed by atoms with van der Waals surface area (Å²) in [5.41, 5.74) is 12.2. The van der Waals surface area contributed by atoms with Crippen molar-refractivity contribution in [1.29, 1.82) is 0 Å². The van der Waals surface area contributed by atoms with Crippen molar-refractivity contribution in [2.24, 2.45) is 5.10 Å². The Bertz CT molecular complexity index is 1360. The van der Waals surface area contributed by atoms with Gasteiger partial charge in [0, 0.05) is 22.2 Å². The number of hydrazone groups is 1. The number of carbonyl (C=O) groups is 1. The maximum Gasteiger partial charge on any atom is 0.271 e. The van der Waals surface area contributed by atoms with Crippen LogP contribution in [0.2, 0.25) is 0 Å². The van der Waals surface area contributed by atoms with E-state index in [0.717, 1.165) is 39.9 Å². The third-order valence-corrected chi connectivity index (χ3v) is 7.30. The van der Waals surface area contributed by atoms with Crippen molar-refractivity contribution in [2.45, 2.75) is 72.6 Å². The Morgan fingerprint density at radius 1 is 0.811 bits per heavy atom. The second-order valence-electron chi connectivity index (χ2n) is 10.1. The van der Waals surface area contributed by atoms with Crippen LogP contribution in [0.25, 0.3) is 22.0 Å². The lowest BCUT2D eigenvalue weighted by molar-refractivity contribution is 0.0955. The number of aryl methyl sites for hydroxylation is 3. The summed E-state index contributed by atoms with van der Waals surface area (Å²) < 4.78 is 0. The maximum absolute atomic E-state index is 12.7. The number of hydrogen-bond donors (Lipinski definition) is 2. The van der Waals surface area contributed by atoms with Gasteiger partial charge in [0.15, 0.2) is 0 Å². The average Bonchev–Trinajstić information content (AvgIpc) is 3.22. The molecule has 0 saturated carbocycles. The van der Waals surface area contributed by atoms with E-state index >= 15 is 0 Å². The van der Waals surface area contributed by atoms with Gasteiger partial charge in [0.1, 0.15) is 0 Å². The van der Waals surface area contributed by atoms with E-state index in [9.17, 15) is 4.79 Å². The van der Waals surface area contributed by atoms with Gasteiger partial charge < -0.3 is 4.98 Å². The fourth-order valence-electron chi connectivity index (χ4n) is 4.74. The Balaban J connectivity index is 1.33. The Morgan fingerprint density at radius 2 is 1.43 bits per heavy atom. The average molecular weight is 494 g/mol. The summed E-state index contributed by atoms with van der Waals surface area (Å²) >= 11 is 0. The van der Waals surface area contributed by atoms with E-state index < -0.39 is 0 Å². The van der Waals surface area contributed by atoms with E-state index in [1.54, 1.807) is 0 Å². The Labute approximate surface area is 221 Å². The molecular weight excluding hydrogens is 454 g/mol. The molecule has 4 heteroatoms. The second kappa shape index (κ2) is 12.5. The van der Waals surface area contributed by atoms with Gasteiger partial charge >= 0.3 is 0 Å². The van der Waals surface area contributed by atoms with E-state index in [4.69, 9.17) is 0 Å². The zero-order valence-corrected chi connectivity index (χ0v) is 22.7. The first kappa shape index (κ1) is 26.4. The highest BCUT2D eigenvalue weighted by Gasteiger charge is 2.10. The number of H-pyrrole nitrogens is 1. The van der Waals surface area contributed by atoms with Gasteiger partial charge in [-0.15, -0.1) is 0 Å². The van der Waals surface area contributed by atoms with Crippen LogP contribution in [0.3, 0.4) is 0 Å². The van der Waals surface area contributed by atoms with Crippen LogP contribution < -0.4 is 5.43 Å². The van der Waals surface area contributed by atoms with E-state index in [1.807, 2.05) is 32.0 Å². The molecule has 2 N–H and O–H groups in total. The number of aromatic amines is 1. The summed E-state index contributed by atoms with van der Waals surface area (Å²) in [7, 11) is 0. The van der Waals surface area contributed by atoms with Gasteiger partial charge in [-0.3, -0.25) is 4.79 Å². The molecule has 192 valence electrons. The summed E-state index contributed by atoms with van der Waals surface area (Å²) in [6, 6.07) is 23.0. The van der Waals surface area contributed by atoms with Gasteiger partial charge in [-0.05, 0) is 79.6 Å². The lowest BCUT2D eigenvalue weighted by Gasteiger charge is -2.07. The number of fused-ring (bicyclic) bond motifs is 1. The molecule has 0 aliphatic heterocycles. The van der Waals surface area contributed by atoms with E-state index in [-0.39, 0.29) is 5.91 Å². The second-order valence-corrected chi connectivity index (χ2v) is 10.1. The van der Waals surface area contributed by atoms with Crippen LogP contribution in [0.15, 0.2) is 71.8 Å². The van der Waals surface area contributed by atoms with Crippen LogP contribution in [0.5, 0.6) is 0 Å². The molecule has 0 unspecified atom stereocenters. The number of aromatic nitrogens is 1. The third-order valence-electron chi connectivity index (χ3n) is 7.30. The molecule has 0 saturated heterocycles. The predicted octanol–water partition coefficient (Wildman–Crippen LogP) is 8.51. The van der Waals surface area contributed by atoms with Crippen molar-refractivity contribution in [1.82, 2.24) is 10.4 Å². The molecule has 0 aliphatic carbocycles. The normalized spacial score (nSPS) is 11.7. The molecular formula is C33H39N3O. The molecule has 0 bridgehead atoms. The first-order valence-corrected chi connectivity index (χ1v) is 13.6. The van der Waals surface area contributed by atoms with E-state index in [2.05, 4.69) is 77.9 Å². The monoisotopic (exact) mass is 493 g/mol. The van der Waals surface area contributed by atoms with Crippen molar-refractivity contribution < 1.29 is 4.79 Å². The van der Waals surface area contributed by atoms with Gasteiger partial charge in [-0.25, -0.2) is 5.43 Å². The molecule has 0 atom stereocenters. The Kier molecular flexibility index (Phi) is 8.95. The van der Waals surface area contributed by atoms with Crippen molar-refractivity contribution in [3.63, 3.8) is 0 Å². The predicted molar refractivity (Wildman–Crippen MR) is 156 cm³/mol. The van der Waals surface area contributed by atoms with Gasteiger partial charge in [0.05, 0.1) is 5.71 Å². The zero-order valence-electron chi connectivity index (χ0n) is 22.7. The number of nitrogens with one attached hydrogen (secondary N) is 2. The highest BCUT2D eigenvalue weighted by Crippen LogP contribution is 2.23. The van der Waals surface area contributed by atoms with E-state index in [0.29, 0.717) is 5.56 Å². The van der Waals surface area contributed by atoms with Crippen molar-refractivity contribution in [2.75, 3.05) is 0 Å². The molecule has 4 nitrogen and oxygen atoms in total. The van der Waals surface area contributed by atoms with E-state index in [1.165, 1.54) is 55.2 Å². The number of amides is 1. The zero-order chi connectivity index (χ0) is 26.2. The number of benzene rings is 3. The number of nitrogens with zero attached hydrogens (tertiary/aromatic N) is 1. The maximum atomic E-state index is 12.7. The largest absolute Gasteiger partial charge is 0.358 e. The van der Waals surface area contributed by atoms with Crippen LogP contribution in [0, 0.1) is 13.8 Å². The lowest BCUT2D eigenvalue weighted by Crippen LogP contribution is -2.19. The van der Waals surface area contributed by atoms with Crippen LogP contribution in [0.1, 0.15) is 85.1 Å². The molecule has 3 aromatic carbocycles. The molecule has 4 rings (SSSR count). The van der Waals surface area contributed by atoms with Crippen LogP contribution >= 0.6 is 0 Å². The number of rotatable bonds is 11. The molecule has 1 heterocycles. The fraction of sp³-hybridized carbons (Fsp3) is 0.333. The molecule has 4 aromatic rings. The lowest BCUT2D eigenvalue weighted by atomic mass is 9.99. The molecule has 1 amide bonds. The molecule has 0 fully saturated rings. The minimum absolute atomic E-state index is 0.211.